The molecule has 0 unspecified atom stereocenters. The molecule has 35 heavy (non-hydrogen) atoms. The summed E-state index contributed by atoms with van der Waals surface area (Å²) in [7, 11) is 0. The Bertz CT molecular complexity index is 1230. The maximum absolute atomic E-state index is 12.4. The fourth-order valence-corrected chi connectivity index (χ4v) is 3.17. The lowest BCUT2D eigenvalue weighted by atomic mass is 10.2. The molecular formula is C25H21BrClN3O5. The van der Waals surface area contributed by atoms with Gasteiger partial charge in [0.05, 0.1) is 24.9 Å². The Kier molecular flexibility index (Phi) is 9.39. The summed E-state index contributed by atoms with van der Waals surface area (Å²) in [5.41, 5.74) is 3.72. The topological polar surface area (TPSA) is 106 Å². The highest BCUT2D eigenvalue weighted by Gasteiger charge is 2.13. The highest BCUT2D eigenvalue weighted by molar-refractivity contribution is 9.10. The van der Waals surface area contributed by atoms with E-state index < -0.39 is 17.8 Å². The van der Waals surface area contributed by atoms with Crippen molar-refractivity contribution in [1.82, 2.24) is 10.7 Å². The van der Waals surface area contributed by atoms with Gasteiger partial charge in [0.1, 0.15) is 0 Å². The monoisotopic (exact) mass is 557 g/mol. The van der Waals surface area contributed by atoms with Crippen LogP contribution >= 0.6 is 27.5 Å². The lowest BCUT2D eigenvalue weighted by molar-refractivity contribution is -0.120. The quantitative estimate of drug-likeness (QED) is 0.173. The molecule has 0 fully saturated rings. The number of hydrazone groups is 1. The molecule has 0 aromatic heterocycles. The van der Waals surface area contributed by atoms with Gasteiger partial charge in [0.15, 0.2) is 11.5 Å². The highest BCUT2D eigenvalue weighted by Crippen LogP contribution is 2.29. The van der Waals surface area contributed by atoms with Crippen LogP contribution in [0.3, 0.4) is 0 Å². The van der Waals surface area contributed by atoms with E-state index in [-0.39, 0.29) is 12.3 Å². The zero-order chi connectivity index (χ0) is 25.2. The SMILES string of the molecule is CCOc1cc(/C=N\NC(=O)CNC(=O)c2ccc(Cl)cc2)ccc1OC(=O)c1ccc(Br)cc1. The van der Waals surface area contributed by atoms with Crippen molar-refractivity contribution in [2.45, 2.75) is 6.92 Å². The second-order valence-electron chi connectivity index (χ2n) is 7.02. The molecule has 0 heterocycles. The normalized spacial score (nSPS) is 10.6. The number of hydrogen-bond donors (Lipinski definition) is 2. The number of amides is 2. The highest BCUT2D eigenvalue weighted by atomic mass is 79.9. The van der Waals surface area contributed by atoms with Gasteiger partial charge in [0, 0.05) is 15.1 Å². The Morgan fingerprint density at radius 3 is 2.34 bits per heavy atom. The van der Waals surface area contributed by atoms with E-state index in [9.17, 15) is 14.4 Å². The van der Waals surface area contributed by atoms with Crippen LogP contribution in [-0.2, 0) is 4.79 Å². The predicted molar refractivity (Wildman–Crippen MR) is 136 cm³/mol. The van der Waals surface area contributed by atoms with Crippen molar-refractivity contribution in [3.63, 3.8) is 0 Å². The molecule has 10 heteroatoms. The molecule has 2 N–H and O–H groups in total. The van der Waals surface area contributed by atoms with E-state index in [0.717, 1.165) is 4.47 Å². The smallest absolute Gasteiger partial charge is 0.343 e. The molecule has 3 rings (SSSR count). The van der Waals surface area contributed by atoms with Gasteiger partial charge < -0.3 is 14.8 Å². The van der Waals surface area contributed by atoms with E-state index in [4.69, 9.17) is 21.1 Å². The summed E-state index contributed by atoms with van der Waals surface area (Å²) in [6, 6.07) is 18.0. The first-order chi connectivity index (χ1) is 16.9. The van der Waals surface area contributed by atoms with Crippen LogP contribution in [0.2, 0.25) is 5.02 Å². The third-order valence-electron chi connectivity index (χ3n) is 4.47. The molecule has 0 aliphatic heterocycles. The molecular weight excluding hydrogens is 538 g/mol. The predicted octanol–water partition coefficient (Wildman–Crippen LogP) is 4.60. The first kappa shape index (κ1) is 25.9. The number of hydrogen-bond acceptors (Lipinski definition) is 6. The van der Waals surface area contributed by atoms with Crippen molar-refractivity contribution in [2.75, 3.05) is 13.2 Å². The van der Waals surface area contributed by atoms with Gasteiger partial charge in [0.2, 0.25) is 0 Å². The number of nitrogens with zero attached hydrogens (tertiary/aromatic N) is 1. The number of carbonyl (C=O) groups excluding carboxylic acids is 3. The van der Waals surface area contributed by atoms with Crippen molar-refractivity contribution >= 4 is 51.5 Å². The minimum absolute atomic E-state index is 0.255. The van der Waals surface area contributed by atoms with Gasteiger partial charge in [0.25, 0.3) is 11.8 Å². The number of esters is 1. The maximum Gasteiger partial charge on any atom is 0.343 e. The summed E-state index contributed by atoms with van der Waals surface area (Å²) < 4.78 is 11.9. The fraction of sp³-hybridized carbons (Fsp3) is 0.120. The van der Waals surface area contributed by atoms with Crippen LogP contribution in [0.5, 0.6) is 11.5 Å². The Morgan fingerprint density at radius 1 is 0.971 bits per heavy atom. The Hall–Kier alpha value is -3.69. The Morgan fingerprint density at radius 2 is 1.66 bits per heavy atom. The number of rotatable bonds is 9. The van der Waals surface area contributed by atoms with Gasteiger partial charge in [-0.15, -0.1) is 0 Å². The number of ether oxygens (including phenoxy) is 2. The van der Waals surface area contributed by atoms with Crippen LogP contribution in [0.25, 0.3) is 0 Å². The van der Waals surface area contributed by atoms with Crippen molar-refractivity contribution in [2.24, 2.45) is 5.10 Å². The second kappa shape index (κ2) is 12.7. The first-order valence-electron chi connectivity index (χ1n) is 10.5. The zero-order valence-electron chi connectivity index (χ0n) is 18.6. The van der Waals surface area contributed by atoms with Crippen LogP contribution < -0.4 is 20.2 Å². The summed E-state index contributed by atoms with van der Waals surface area (Å²) in [4.78, 5) is 36.4. The van der Waals surface area contributed by atoms with Gasteiger partial charge in [-0.25, -0.2) is 10.2 Å². The van der Waals surface area contributed by atoms with Crippen LogP contribution in [0.4, 0.5) is 0 Å². The van der Waals surface area contributed by atoms with E-state index in [1.807, 2.05) is 0 Å². The van der Waals surface area contributed by atoms with Gasteiger partial charge in [-0.2, -0.15) is 5.10 Å². The molecule has 8 nitrogen and oxygen atoms in total. The van der Waals surface area contributed by atoms with Crippen LogP contribution in [-0.4, -0.2) is 37.1 Å². The average molecular weight is 559 g/mol. The Balaban J connectivity index is 1.56. The summed E-state index contributed by atoms with van der Waals surface area (Å²) in [6.45, 7) is 1.90. The van der Waals surface area contributed by atoms with E-state index in [0.29, 0.717) is 34.1 Å². The van der Waals surface area contributed by atoms with Crippen LogP contribution in [0, 0.1) is 0 Å². The molecule has 3 aromatic carbocycles. The summed E-state index contributed by atoms with van der Waals surface area (Å²) >= 11 is 9.12. The fourth-order valence-electron chi connectivity index (χ4n) is 2.78. The minimum Gasteiger partial charge on any atom is -0.490 e. The van der Waals surface area contributed by atoms with E-state index in [2.05, 4.69) is 31.8 Å². The first-order valence-corrected chi connectivity index (χ1v) is 11.6. The lowest BCUT2D eigenvalue weighted by Crippen LogP contribution is -2.34. The molecule has 180 valence electrons. The van der Waals surface area contributed by atoms with E-state index in [1.54, 1.807) is 73.7 Å². The zero-order valence-corrected chi connectivity index (χ0v) is 20.9. The van der Waals surface area contributed by atoms with Crippen molar-refractivity contribution in [3.05, 3.63) is 92.9 Å². The molecule has 2 amide bonds. The molecule has 0 aliphatic rings. The number of carbonyl (C=O) groups is 3. The number of benzene rings is 3. The average Bonchev–Trinajstić information content (AvgIpc) is 2.85. The largest absolute Gasteiger partial charge is 0.490 e. The van der Waals surface area contributed by atoms with E-state index in [1.165, 1.54) is 6.21 Å². The molecule has 0 aliphatic carbocycles. The maximum atomic E-state index is 12.4. The Labute approximate surface area is 215 Å². The van der Waals surface area contributed by atoms with Gasteiger partial charge in [-0.1, -0.05) is 27.5 Å². The summed E-state index contributed by atoms with van der Waals surface area (Å²) in [5.74, 6) is -0.828. The van der Waals surface area contributed by atoms with E-state index >= 15 is 0 Å². The van der Waals surface area contributed by atoms with Gasteiger partial charge in [-0.05, 0) is 79.2 Å². The van der Waals surface area contributed by atoms with Crippen molar-refractivity contribution in [3.8, 4) is 11.5 Å². The summed E-state index contributed by atoms with van der Waals surface area (Å²) in [5, 5.41) is 6.90. The minimum atomic E-state index is -0.521. The van der Waals surface area contributed by atoms with Crippen molar-refractivity contribution in [1.29, 1.82) is 0 Å². The lowest BCUT2D eigenvalue weighted by Gasteiger charge is -2.11. The molecule has 0 saturated heterocycles. The molecule has 0 saturated carbocycles. The van der Waals surface area contributed by atoms with Gasteiger partial charge >= 0.3 is 5.97 Å². The van der Waals surface area contributed by atoms with Crippen LogP contribution in [0.1, 0.15) is 33.2 Å². The number of nitrogens with one attached hydrogen (secondary N) is 2. The van der Waals surface area contributed by atoms with Crippen LogP contribution in [0.15, 0.2) is 76.3 Å². The standard InChI is InChI=1S/C25H21BrClN3O5/c1-2-34-22-13-16(3-12-21(22)35-25(33)18-4-8-19(26)9-5-18)14-29-30-23(31)15-28-24(32)17-6-10-20(27)11-7-17/h3-14H,2,15H2,1H3,(H,28,32)(H,30,31)/b29-14-. The second-order valence-corrected chi connectivity index (χ2v) is 8.37. The third-order valence-corrected chi connectivity index (χ3v) is 5.25. The molecule has 0 radical (unpaired) electrons. The van der Waals surface area contributed by atoms with Gasteiger partial charge in [-0.3, -0.25) is 9.59 Å². The van der Waals surface area contributed by atoms with Crippen molar-refractivity contribution < 1.29 is 23.9 Å². The molecule has 0 bridgehead atoms. The third kappa shape index (κ3) is 7.94. The molecule has 3 aromatic rings. The molecule has 0 spiro atoms. The summed E-state index contributed by atoms with van der Waals surface area (Å²) in [6.07, 6.45) is 1.40. The number of halogens is 2. The molecule has 0 atom stereocenters.